The fourth-order valence-corrected chi connectivity index (χ4v) is 2.25. The fraction of sp³-hybridized carbons (Fsp3) is 0.222. The van der Waals surface area contributed by atoms with Crippen molar-refractivity contribution in [3.05, 3.63) is 47.0 Å². The first-order chi connectivity index (χ1) is 12.6. The number of rotatable bonds is 8. The Morgan fingerprint density at radius 1 is 1.08 bits per heavy atom. The van der Waals surface area contributed by atoms with Crippen molar-refractivity contribution in [1.82, 2.24) is 5.43 Å². The number of hydrogen-bond donors (Lipinski definition) is 1. The summed E-state index contributed by atoms with van der Waals surface area (Å²) in [6.45, 7) is -0.194. The number of halogens is 1. The van der Waals surface area contributed by atoms with Crippen LogP contribution in [-0.4, -0.2) is 40.1 Å². The van der Waals surface area contributed by atoms with Crippen LogP contribution in [0.2, 0.25) is 5.02 Å². The molecule has 0 radical (unpaired) electrons. The maximum Gasteiger partial charge on any atom is 0.277 e. The summed E-state index contributed by atoms with van der Waals surface area (Å²) in [7, 11) is 4.58. The molecule has 0 saturated heterocycles. The minimum atomic E-state index is -0.416. The van der Waals surface area contributed by atoms with Crippen molar-refractivity contribution in [1.29, 1.82) is 0 Å². The highest BCUT2D eigenvalue weighted by Crippen LogP contribution is 2.33. The first-order valence-corrected chi connectivity index (χ1v) is 7.95. The van der Waals surface area contributed by atoms with Gasteiger partial charge in [-0.3, -0.25) is 4.79 Å². The van der Waals surface area contributed by atoms with E-state index in [-0.39, 0.29) is 6.61 Å². The predicted octanol–water partition coefficient (Wildman–Crippen LogP) is 2.89. The summed E-state index contributed by atoms with van der Waals surface area (Å²) in [5, 5.41) is 4.43. The summed E-state index contributed by atoms with van der Waals surface area (Å²) >= 11 is 5.85. The molecule has 0 spiro atoms. The highest BCUT2D eigenvalue weighted by Gasteiger charge is 2.10. The monoisotopic (exact) mass is 378 g/mol. The van der Waals surface area contributed by atoms with E-state index in [9.17, 15) is 4.79 Å². The number of ether oxygens (including phenoxy) is 4. The van der Waals surface area contributed by atoms with E-state index in [1.165, 1.54) is 27.5 Å². The molecule has 0 aliphatic heterocycles. The predicted molar refractivity (Wildman–Crippen MR) is 98.8 cm³/mol. The number of nitrogens with zero attached hydrogens (tertiary/aromatic N) is 1. The quantitative estimate of drug-likeness (QED) is 0.564. The Bertz CT molecular complexity index is 795. The van der Waals surface area contributed by atoms with E-state index < -0.39 is 5.91 Å². The van der Waals surface area contributed by atoms with Crippen LogP contribution in [0.5, 0.6) is 23.0 Å². The molecule has 2 aromatic carbocycles. The second-order valence-corrected chi connectivity index (χ2v) is 5.42. The van der Waals surface area contributed by atoms with E-state index in [1.54, 1.807) is 36.4 Å². The summed E-state index contributed by atoms with van der Waals surface area (Å²) in [6.07, 6.45) is 1.44. The van der Waals surface area contributed by atoms with Crippen LogP contribution in [0.25, 0.3) is 0 Å². The Morgan fingerprint density at radius 3 is 2.42 bits per heavy atom. The van der Waals surface area contributed by atoms with Gasteiger partial charge >= 0.3 is 0 Å². The minimum Gasteiger partial charge on any atom is -0.496 e. The molecular weight excluding hydrogens is 360 g/mol. The molecule has 8 heteroatoms. The van der Waals surface area contributed by atoms with Gasteiger partial charge in [0.1, 0.15) is 11.5 Å². The van der Waals surface area contributed by atoms with Gasteiger partial charge in [-0.15, -0.1) is 0 Å². The highest BCUT2D eigenvalue weighted by molar-refractivity contribution is 6.30. The van der Waals surface area contributed by atoms with E-state index in [1.807, 2.05) is 0 Å². The average Bonchev–Trinajstić information content (AvgIpc) is 2.66. The summed E-state index contributed by atoms with van der Waals surface area (Å²) in [6, 6.07) is 10.1. The van der Waals surface area contributed by atoms with Gasteiger partial charge in [0.05, 0.1) is 27.5 Å². The van der Waals surface area contributed by atoms with Gasteiger partial charge < -0.3 is 18.9 Å². The standard InChI is InChI=1S/C18H19ClN2O5/c1-23-15-9-17(25-3)16(24-2)7-12(15)10-20-21-18(22)11-26-14-6-4-5-13(19)8-14/h4-10H,11H2,1-3H3,(H,21,22)/b20-10+. The third-order valence-corrected chi connectivity index (χ3v) is 3.53. The van der Waals surface area contributed by atoms with Crippen LogP contribution in [0.15, 0.2) is 41.5 Å². The van der Waals surface area contributed by atoms with Crippen LogP contribution < -0.4 is 24.4 Å². The maximum atomic E-state index is 11.8. The largest absolute Gasteiger partial charge is 0.496 e. The van der Waals surface area contributed by atoms with E-state index >= 15 is 0 Å². The second kappa shape index (κ2) is 9.53. The lowest BCUT2D eigenvalue weighted by molar-refractivity contribution is -0.123. The lowest BCUT2D eigenvalue weighted by Gasteiger charge is -2.11. The number of nitrogens with one attached hydrogen (secondary N) is 1. The smallest absolute Gasteiger partial charge is 0.277 e. The van der Waals surface area contributed by atoms with Crippen LogP contribution in [0.4, 0.5) is 0 Å². The Morgan fingerprint density at radius 2 is 1.77 bits per heavy atom. The van der Waals surface area contributed by atoms with Crippen molar-refractivity contribution in [3.63, 3.8) is 0 Å². The number of methoxy groups -OCH3 is 3. The van der Waals surface area contributed by atoms with Gasteiger partial charge in [-0.1, -0.05) is 17.7 Å². The number of hydrazone groups is 1. The van der Waals surface area contributed by atoms with Crippen molar-refractivity contribution in [2.75, 3.05) is 27.9 Å². The van der Waals surface area contributed by atoms with Crippen molar-refractivity contribution >= 4 is 23.7 Å². The van der Waals surface area contributed by atoms with Crippen LogP contribution >= 0.6 is 11.6 Å². The molecule has 0 aromatic heterocycles. The molecule has 0 heterocycles. The van der Waals surface area contributed by atoms with Crippen molar-refractivity contribution in [2.45, 2.75) is 0 Å². The van der Waals surface area contributed by atoms with Crippen LogP contribution in [-0.2, 0) is 4.79 Å². The Labute approximate surface area is 156 Å². The molecule has 0 atom stereocenters. The maximum absolute atomic E-state index is 11.8. The molecule has 138 valence electrons. The number of carbonyl (C=O) groups excluding carboxylic acids is 1. The van der Waals surface area contributed by atoms with Gasteiger partial charge in [0, 0.05) is 16.7 Å². The zero-order valence-corrected chi connectivity index (χ0v) is 15.4. The summed E-state index contributed by atoms with van der Waals surface area (Å²) in [4.78, 5) is 11.8. The molecule has 2 rings (SSSR count). The van der Waals surface area contributed by atoms with Gasteiger partial charge in [-0.05, 0) is 24.3 Å². The summed E-state index contributed by atoms with van der Waals surface area (Å²) < 4.78 is 21.1. The molecule has 0 unspecified atom stereocenters. The number of amides is 1. The first kappa shape index (κ1) is 19.4. The van der Waals surface area contributed by atoms with Crippen molar-refractivity contribution in [2.24, 2.45) is 5.10 Å². The van der Waals surface area contributed by atoms with Crippen molar-refractivity contribution in [3.8, 4) is 23.0 Å². The molecule has 1 N–H and O–H groups in total. The highest BCUT2D eigenvalue weighted by atomic mass is 35.5. The second-order valence-electron chi connectivity index (χ2n) is 4.99. The molecule has 0 aliphatic carbocycles. The number of carbonyl (C=O) groups is 1. The van der Waals surface area contributed by atoms with E-state index in [2.05, 4.69) is 10.5 Å². The lowest BCUT2D eigenvalue weighted by atomic mass is 10.2. The van der Waals surface area contributed by atoms with Gasteiger partial charge in [-0.2, -0.15) is 5.10 Å². The number of hydrogen-bond acceptors (Lipinski definition) is 6. The minimum absolute atomic E-state index is 0.194. The zero-order valence-electron chi connectivity index (χ0n) is 14.6. The van der Waals surface area contributed by atoms with E-state index in [0.717, 1.165) is 0 Å². The van der Waals surface area contributed by atoms with Crippen LogP contribution in [0.3, 0.4) is 0 Å². The SMILES string of the molecule is COc1cc(OC)c(OC)cc1/C=N/NC(=O)COc1cccc(Cl)c1. The molecule has 1 amide bonds. The Hall–Kier alpha value is -2.93. The van der Waals surface area contributed by atoms with Gasteiger partial charge in [0.15, 0.2) is 18.1 Å². The Balaban J connectivity index is 1.97. The molecule has 0 saturated carbocycles. The third-order valence-electron chi connectivity index (χ3n) is 3.29. The van der Waals surface area contributed by atoms with Gasteiger partial charge in [-0.25, -0.2) is 5.43 Å². The third kappa shape index (κ3) is 5.29. The molecule has 7 nitrogen and oxygen atoms in total. The van der Waals surface area contributed by atoms with Crippen LogP contribution in [0, 0.1) is 0 Å². The molecular formula is C18H19ClN2O5. The van der Waals surface area contributed by atoms with Gasteiger partial charge in [0.2, 0.25) is 0 Å². The topological polar surface area (TPSA) is 78.4 Å². The van der Waals surface area contributed by atoms with Crippen molar-refractivity contribution < 1.29 is 23.7 Å². The van der Waals surface area contributed by atoms with E-state index in [0.29, 0.717) is 33.6 Å². The van der Waals surface area contributed by atoms with Crippen LogP contribution in [0.1, 0.15) is 5.56 Å². The average molecular weight is 379 g/mol. The zero-order chi connectivity index (χ0) is 18.9. The fourth-order valence-electron chi connectivity index (χ4n) is 2.07. The van der Waals surface area contributed by atoms with Gasteiger partial charge in [0.25, 0.3) is 5.91 Å². The first-order valence-electron chi connectivity index (χ1n) is 7.57. The Kier molecular flexibility index (Phi) is 7.11. The molecule has 0 bridgehead atoms. The van der Waals surface area contributed by atoms with E-state index in [4.69, 9.17) is 30.5 Å². The normalized spacial score (nSPS) is 10.5. The number of benzene rings is 2. The lowest BCUT2D eigenvalue weighted by Crippen LogP contribution is -2.24. The molecule has 0 fully saturated rings. The molecule has 0 aliphatic rings. The summed E-state index contributed by atoms with van der Waals surface area (Å²) in [5.74, 6) is 1.65. The molecule has 2 aromatic rings. The summed E-state index contributed by atoms with van der Waals surface area (Å²) in [5.41, 5.74) is 2.99. The molecule has 26 heavy (non-hydrogen) atoms.